The maximum Gasteiger partial charge on any atom is 0.191 e. The zero-order valence-corrected chi connectivity index (χ0v) is 17.9. The van der Waals surface area contributed by atoms with Gasteiger partial charge in [-0.1, -0.05) is 23.7 Å². The van der Waals surface area contributed by atoms with Crippen molar-refractivity contribution >= 4 is 41.5 Å². The molecule has 142 valence electrons. The van der Waals surface area contributed by atoms with Crippen LogP contribution in [0, 0.1) is 0 Å². The molecule has 0 amide bonds. The molecule has 7 heteroatoms. The molecule has 1 heterocycles. The molecule has 1 aliphatic rings. The molecule has 1 atom stereocenters. The third kappa shape index (κ3) is 9.63. The van der Waals surface area contributed by atoms with Gasteiger partial charge in [0.25, 0.3) is 0 Å². The number of rotatable bonds is 9. The Morgan fingerprint density at radius 2 is 2.28 bits per heavy atom. The SMILES string of the molecule is CCNC(=NCCCOC1CCOC1)NCCc1cccc(Cl)c1.I. The second-order valence-corrected chi connectivity index (χ2v) is 6.21. The molecule has 1 aromatic rings. The summed E-state index contributed by atoms with van der Waals surface area (Å²) in [6.07, 6.45) is 3.12. The van der Waals surface area contributed by atoms with Gasteiger partial charge in [-0.15, -0.1) is 24.0 Å². The van der Waals surface area contributed by atoms with Crippen molar-refractivity contribution in [1.29, 1.82) is 0 Å². The first-order valence-electron chi connectivity index (χ1n) is 8.74. The average Bonchev–Trinajstić information content (AvgIpc) is 3.08. The van der Waals surface area contributed by atoms with E-state index < -0.39 is 0 Å². The van der Waals surface area contributed by atoms with Gasteiger partial charge in [-0.3, -0.25) is 4.99 Å². The fraction of sp³-hybridized carbons (Fsp3) is 0.611. The highest BCUT2D eigenvalue weighted by Crippen LogP contribution is 2.10. The van der Waals surface area contributed by atoms with Crippen LogP contribution >= 0.6 is 35.6 Å². The van der Waals surface area contributed by atoms with E-state index in [0.717, 1.165) is 69.7 Å². The van der Waals surface area contributed by atoms with Gasteiger partial charge in [0.15, 0.2) is 5.96 Å². The second kappa shape index (κ2) is 13.6. The lowest BCUT2D eigenvalue weighted by Crippen LogP contribution is -2.38. The molecular formula is C18H29ClIN3O2. The zero-order valence-electron chi connectivity index (χ0n) is 14.8. The number of nitrogens with zero attached hydrogens (tertiary/aromatic N) is 1. The first-order chi connectivity index (χ1) is 11.8. The number of nitrogens with one attached hydrogen (secondary N) is 2. The van der Waals surface area contributed by atoms with Crippen molar-refractivity contribution in [1.82, 2.24) is 10.6 Å². The van der Waals surface area contributed by atoms with Gasteiger partial charge >= 0.3 is 0 Å². The number of aliphatic imine (C=N–C) groups is 1. The smallest absolute Gasteiger partial charge is 0.191 e. The fourth-order valence-electron chi connectivity index (χ4n) is 2.51. The summed E-state index contributed by atoms with van der Waals surface area (Å²) >= 11 is 6.01. The number of hydrogen-bond donors (Lipinski definition) is 2. The van der Waals surface area contributed by atoms with Crippen LogP contribution in [0.4, 0.5) is 0 Å². The quantitative estimate of drug-likeness (QED) is 0.246. The van der Waals surface area contributed by atoms with E-state index in [1.807, 2.05) is 18.2 Å². The van der Waals surface area contributed by atoms with Crippen LogP contribution in [0.3, 0.4) is 0 Å². The number of halogens is 2. The van der Waals surface area contributed by atoms with E-state index >= 15 is 0 Å². The molecule has 2 N–H and O–H groups in total. The Bertz CT molecular complexity index is 511. The van der Waals surface area contributed by atoms with E-state index in [1.165, 1.54) is 5.56 Å². The van der Waals surface area contributed by atoms with Gasteiger partial charge in [-0.25, -0.2) is 0 Å². The lowest BCUT2D eigenvalue weighted by Gasteiger charge is -2.12. The van der Waals surface area contributed by atoms with Gasteiger partial charge < -0.3 is 20.1 Å². The van der Waals surface area contributed by atoms with Gasteiger partial charge in [0.05, 0.1) is 12.7 Å². The van der Waals surface area contributed by atoms with Gasteiger partial charge in [0, 0.05) is 37.9 Å². The van der Waals surface area contributed by atoms with Crippen LogP contribution in [0.25, 0.3) is 0 Å². The third-order valence-electron chi connectivity index (χ3n) is 3.75. The first kappa shape index (κ1) is 22.5. The Balaban J connectivity index is 0.00000312. The minimum absolute atomic E-state index is 0. The van der Waals surface area contributed by atoms with Crippen molar-refractivity contribution < 1.29 is 9.47 Å². The zero-order chi connectivity index (χ0) is 17.0. The molecular weight excluding hydrogens is 453 g/mol. The average molecular weight is 482 g/mol. The van der Waals surface area contributed by atoms with E-state index in [0.29, 0.717) is 0 Å². The molecule has 1 saturated heterocycles. The molecule has 0 radical (unpaired) electrons. The minimum atomic E-state index is 0. The fourth-order valence-corrected chi connectivity index (χ4v) is 2.72. The molecule has 1 unspecified atom stereocenters. The highest BCUT2D eigenvalue weighted by Gasteiger charge is 2.15. The summed E-state index contributed by atoms with van der Waals surface area (Å²) < 4.78 is 11.0. The number of guanidine groups is 1. The van der Waals surface area contributed by atoms with Crippen LogP contribution in [0.5, 0.6) is 0 Å². The molecule has 0 spiro atoms. The Kier molecular flexibility index (Phi) is 12.2. The maximum absolute atomic E-state index is 6.01. The lowest BCUT2D eigenvalue weighted by atomic mass is 10.1. The normalized spacial score (nSPS) is 17.2. The Hall–Kier alpha value is -0.570. The van der Waals surface area contributed by atoms with Gasteiger partial charge in [0.2, 0.25) is 0 Å². The van der Waals surface area contributed by atoms with E-state index in [2.05, 4.69) is 28.6 Å². The Morgan fingerprint density at radius 3 is 3.00 bits per heavy atom. The summed E-state index contributed by atoms with van der Waals surface area (Å²) in [4.78, 5) is 4.58. The van der Waals surface area contributed by atoms with Gasteiger partial charge in [-0.05, 0) is 43.9 Å². The molecule has 0 aliphatic carbocycles. The van der Waals surface area contributed by atoms with Crippen LogP contribution < -0.4 is 10.6 Å². The molecule has 25 heavy (non-hydrogen) atoms. The first-order valence-corrected chi connectivity index (χ1v) is 9.11. The van der Waals surface area contributed by atoms with Crippen LogP contribution in [0.1, 0.15) is 25.3 Å². The van der Waals surface area contributed by atoms with E-state index in [4.69, 9.17) is 21.1 Å². The predicted octanol–water partition coefficient (Wildman–Crippen LogP) is 3.25. The van der Waals surface area contributed by atoms with Crippen molar-refractivity contribution in [2.24, 2.45) is 4.99 Å². The Morgan fingerprint density at radius 1 is 1.40 bits per heavy atom. The standard InChI is InChI=1S/C18H28ClN3O2.HI/c1-2-20-18(21-9-4-11-24-17-8-12-23-14-17)22-10-7-15-5-3-6-16(19)13-15;/h3,5-6,13,17H,2,4,7-12,14H2,1H3,(H2,20,21,22);1H. The monoisotopic (exact) mass is 481 g/mol. The van der Waals surface area contributed by atoms with Crippen LogP contribution in [0.15, 0.2) is 29.3 Å². The summed E-state index contributed by atoms with van der Waals surface area (Å²) in [6.45, 7) is 6.78. The molecule has 0 bridgehead atoms. The maximum atomic E-state index is 6.01. The third-order valence-corrected chi connectivity index (χ3v) is 3.99. The Labute approximate surface area is 172 Å². The van der Waals surface area contributed by atoms with Crippen molar-refractivity contribution in [2.45, 2.75) is 32.3 Å². The van der Waals surface area contributed by atoms with Crippen LogP contribution in [0.2, 0.25) is 5.02 Å². The summed E-state index contributed by atoms with van der Waals surface area (Å²) in [5, 5.41) is 7.40. The summed E-state index contributed by atoms with van der Waals surface area (Å²) in [6, 6.07) is 7.95. The van der Waals surface area contributed by atoms with E-state index in [9.17, 15) is 0 Å². The molecule has 1 aromatic carbocycles. The predicted molar refractivity (Wildman–Crippen MR) is 114 cm³/mol. The van der Waals surface area contributed by atoms with Crippen molar-refractivity contribution in [2.75, 3.05) is 39.5 Å². The molecule has 0 aromatic heterocycles. The van der Waals surface area contributed by atoms with Gasteiger partial charge in [-0.2, -0.15) is 0 Å². The number of ether oxygens (including phenoxy) is 2. The molecule has 1 fully saturated rings. The second-order valence-electron chi connectivity index (χ2n) is 5.78. The van der Waals surface area contributed by atoms with Crippen molar-refractivity contribution in [3.8, 4) is 0 Å². The molecule has 0 saturated carbocycles. The van der Waals surface area contributed by atoms with Crippen molar-refractivity contribution in [3.05, 3.63) is 34.9 Å². The number of benzene rings is 1. The molecule has 1 aliphatic heterocycles. The summed E-state index contributed by atoms with van der Waals surface area (Å²) in [5.41, 5.74) is 1.22. The van der Waals surface area contributed by atoms with Gasteiger partial charge in [0.1, 0.15) is 0 Å². The largest absolute Gasteiger partial charge is 0.379 e. The molecule has 5 nitrogen and oxygen atoms in total. The topological polar surface area (TPSA) is 54.9 Å². The van der Waals surface area contributed by atoms with E-state index in [-0.39, 0.29) is 30.1 Å². The highest BCUT2D eigenvalue weighted by molar-refractivity contribution is 14.0. The minimum Gasteiger partial charge on any atom is -0.379 e. The highest BCUT2D eigenvalue weighted by atomic mass is 127. The van der Waals surface area contributed by atoms with E-state index in [1.54, 1.807) is 0 Å². The summed E-state index contributed by atoms with van der Waals surface area (Å²) in [5.74, 6) is 0.851. The lowest BCUT2D eigenvalue weighted by molar-refractivity contribution is 0.0424. The van der Waals surface area contributed by atoms with Crippen LogP contribution in [-0.4, -0.2) is 51.5 Å². The van der Waals surface area contributed by atoms with Crippen molar-refractivity contribution in [3.63, 3.8) is 0 Å². The molecule has 2 rings (SSSR count). The number of hydrogen-bond acceptors (Lipinski definition) is 3. The summed E-state index contributed by atoms with van der Waals surface area (Å²) in [7, 11) is 0. The van der Waals surface area contributed by atoms with Crippen LogP contribution in [-0.2, 0) is 15.9 Å².